The molecule has 94 valence electrons. The molecule has 2 rings (SSSR count). The lowest BCUT2D eigenvalue weighted by atomic mass is 10.2. The molecule has 18 heavy (non-hydrogen) atoms. The van der Waals surface area contributed by atoms with Gasteiger partial charge in [0.1, 0.15) is 11.5 Å². The van der Waals surface area contributed by atoms with Crippen LogP contribution in [-0.2, 0) is 5.33 Å². The molecule has 0 radical (unpaired) electrons. The highest BCUT2D eigenvalue weighted by atomic mass is 79.9. The van der Waals surface area contributed by atoms with Crippen LogP contribution in [-0.4, -0.2) is 0 Å². The number of ether oxygens (including phenoxy) is 1. The Labute approximate surface area is 132 Å². The molecule has 0 spiro atoms. The van der Waals surface area contributed by atoms with E-state index in [9.17, 15) is 0 Å². The Morgan fingerprint density at radius 2 is 1.61 bits per heavy atom. The highest BCUT2D eigenvalue weighted by Crippen LogP contribution is 2.31. The van der Waals surface area contributed by atoms with Crippen molar-refractivity contribution in [3.63, 3.8) is 0 Å². The molecule has 1 nitrogen and oxygen atoms in total. The lowest BCUT2D eigenvalue weighted by Gasteiger charge is -2.08. The van der Waals surface area contributed by atoms with Crippen LogP contribution in [0.1, 0.15) is 5.56 Å². The van der Waals surface area contributed by atoms with Crippen LogP contribution in [0.3, 0.4) is 0 Å². The molecule has 0 aliphatic carbocycles. The van der Waals surface area contributed by atoms with Crippen molar-refractivity contribution in [1.82, 2.24) is 0 Å². The zero-order chi connectivity index (χ0) is 13.1. The first-order valence-electron chi connectivity index (χ1n) is 5.07. The van der Waals surface area contributed by atoms with E-state index in [1.807, 2.05) is 18.2 Å². The van der Waals surface area contributed by atoms with E-state index in [0.29, 0.717) is 15.8 Å². The van der Waals surface area contributed by atoms with Crippen LogP contribution >= 0.6 is 55.1 Å². The van der Waals surface area contributed by atoms with Gasteiger partial charge >= 0.3 is 0 Å². The summed E-state index contributed by atoms with van der Waals surface area (Å²) in [5.41, 5.74) is 1.16. The van der Waals surface area contributed by atoms with Gasteiger partial charge in [-0.1, -0.05) is 61.1 Å². The van der Waals surface area contributed by atoms with Gasteiger partial charge in [-0.15, -0.1) is 0 Å². The summed E-state index contributed by atoms with van der Waals surface area (Å²) in [5, 5.41) is 1.78. The number of alkyl halides is 1. The van der Waals surface area contributed by atoms with E-state index in [1.165, 1.54) is 0 Å². The lowest BCUT2D eigenvalue weighted by molar-refractivity contribution is 0.482. The summed E-state index contributed by atoms with van der Waals surface area (Å²) in [7, 11) is 0. The van der Waals surface area contributed by atoms with Crippen LogP contribution in [0.4, 0.5) is 0 Å². The highest BCUT2D eigenvalue weighted by Gasteiger charge is 2.04. The molecule has 2 aromatic rings. The first-order chi connectivity index (χ1) is 8.60. The summed E-state index contributed by atoms with van der Waals surface area (Å²) in [5.74, 6) is 1.40. The average Bonchev–Trinajstić information content (AvgIpc) is 2.34. The third kappa shape index (κ3) is 3.41. The van der Waals surface area contributed by atoms with Gasteiger partial charge in [0.05, 0.1) is 10.0 Å². The fourth-order valence-corrected chi connectivity index (χ4v) is 3.03. The Morgan fingerprint density at radius 1 is 0.944 bits per heavy atom. The molecule has 2 aromatic carbocycles. The third-order valence-corrected chi connectivity index (χ3v) is 4.38. The van der Waals surface area contributed by atoms with Crippen molar-refractivity contribution in [2.45, 2.75) is 5.33 Å². The molecular weight excluding hydrogens is 403 g/mol. The molecule has 0 aliphatic heterocycles. The van der Waals surface area contributed by atoms with Crippen LogP contribution in [0, 0.1) is 0 Å². The molecule has 0 heterocycles. The first kappa shape index (κ1) is 14.2. The Morgan fingerprint density at radius 3 is 2.22 bits per heavy atom. The van der Waals surface area contributed by atoms with E-state index in [4.69, 9.17) is 27.9 Å². The Hall–Kier alpha value is -0.220. The molecule has 0 saturated carbocycles. The molecule has 0 bridgehead atoms. The second kappa shape index (κ2) is 6.29. The molecule has 0 unspecified atom stereocenters. The Balaban J connectivity index is 2.23. The van der Waals surface area contributed by atoms with Crippen LogP contribution in [0.5, 0.6) is 11.5 Å². The van der Waals surface area contributed by atoms with Gasteiger partial charge in [0.25, 0.3) is 0 Å². The topological polar surface area (TPSA) is 9.23 Å². The molecule has 0 aliphatic rings. The molecule has 0 atom stereocenters. The lowest BCUT2D eigenvalue weighted by Crippen LogP contribution is -1.86. The van der Waals surface area contributed by atoms with Gasteiger partial charge < -0.3 is 4.74 Å². The van der Waals surface area contributed by atoms with E-state index in [-0.39, 0.29) is 0 Å². The van der Waals surface area contributed by atoms with Crippen molar-refractivity contribution in [2.75, 3.05) is 0 Å². The van der Waals surface area contributed by atoms with Crippen LogP contribution < -0.4 is 4.74 Å². The van der Waals surface area contributed by atoms with Gasteiger partial charge in [-0.25, -0.2) is 0 Å². The van der Waals surface area contributed by atoms with E-state index in [2.05, 4.69) is 31.9 Å². The van der Waals surface area contributed by atoms with Crippen molar-refractivity contribution < 1.29 is 4.74 Å². The zero-order valence-corrected chi connectivity index (χ0v) is 13.8. The summed E-state index contributed by atoms with van der Waals surface area (Å²) in [6.45, 7) is 0. The minimum absolute atomic E-state index is 0.477. The predicted molar refractivity (Wildman–Crippen MR) is 83.3 cm³/mol. The Kier molecular flexibility index (Phi) is 4.96. The van der Waals surface area contributed by atoms with Gasteiger partial charge in [-0.3, -0.25) is 0 Å². The molecule has 0 amide bonds. The zero-order valence-electron chi connectivity index (χ0n) is 9.09. The number of halogens is 4. The average molecular weight is 411 g/mol. The number of rotatable bonds is 3. The standard InChI is InChI=1S/C13H8Br2Cl2O/c14-7-8-1-2-9(5-11(8)15)18-10-3-4-12(16)13(17)6-10/h1-6H,7H2. The van der Waals surface area contributed by atoms with Gasteiger partial charge in [0.2, 0.25) is 0 Å². The second-order valence-electron chi connectivity index (χ2n) is 3.56. The maximum absolute atomic E-state index is 5.93. The van der Waals surface area contributed by atoms with Crippen LogP contribution in [0.15, 0.2) is 40.9 Å². The summed E-state index contributed by atoms with van der Waals surface area (Å²) in [6, 6.07) is 11.0. The predicted octanol–water partition coefficient (Wildman–Crippen LogP) is 6.44. The maximum Gasteiger partial charge on any atom is 0.129 e. The number of benzene rings is 2. The van der Waals surface area contributed by atoms with Crippen molar-refractivity contribution in [1.29, 1.82) is 0 Å². The third-order valence-electron chi connectivity index (χ3n) is 2.30. The molecular formula is C13H8Br2Cl2O. The number of hydrogen-bond donors (Lipinski definition) is 0. The Bertz CT molecular complexity index is 573. The van der Waals surface area contributed by atoms with Gasteiger partial charge in [-0.2, -0.15) is 0 Å². The fraction of sp³-hybridized carbons (Fsp3) is 0.0769. The SMILES string of the molecule is Clc1ccc(Oc2ccc(CBr)c(Br)c2)cc1Cl. The minimum atomic E-state index is 0.477. The van der Waals surface area contributed by atoms with Crippen molar-refractivity contribution >= 4 is 55.1 Å². The van der Waals surface area contributed by atoms with Crippen molar-refractivity contribution in [3.8, 4) is 11.5 Å². The van der Waals surface area contributed by atoms with E-state index in [1.54, 1.807) is 18.2 Å². The highest BCUT2D eigenvalue weighted by molar-refractivity contribution is 9.10. The quantitative estimate of drug-likeness (QED) is 0.529. The summed E-state index contributed by atoms with van der Waals surface area (Å²) >= 11 is 18.7. The van der Waals surface area contributed by atoms with Gasteiger partial charge in [0, 0.05) is 15.9 Å². The largest absolute Gasteiger partial charge is 0.457 e. The summed E-state index contributed by atoms with van der Waals surface area (Å²) in [4.78, 5) is 0. The monoisotopic (exact) mass is 408 g/mol. The maximum atomic E-state index is 5.93. The molecule has 0 N–H and O–H groups in total. The molecule has 0 fully saturated rings. The number of hydrogen-bond acceptors (Lipinski definition) is 1. The van der Waals surface area contributed by atoms with Gasteiger partial charge in [0.15, 0.2) is 0 Å². The first-order valence-corrected chi connectivity index (χ1v) is 7.74. The van der Waals surface area contributed by atoms with Gasteiger partial charge in [-0.05, 0) is 29.8 Å². The van der Waals surface area contributed by atoms with E-state index >= 15 is 0 Å². The van der Waals surface area contributed by atoms with E-state index < -0.39 is 0 Å². The molecule has 5 heteroatoms. The van der Waals surface area contributed by atoms with Crippen molar-refractivity contribution in [3.05, 3.63) is 56.5 Å². The molecule has 0 aromatic heterocycles. The molecule has 0 saturated heterocycles. The second-order valence-corrected chi connectivity index (χ2v) is 5.79. The van der Waals surface area contributed by atoms with Crippen molar-refractivity contribution in [2.24, 2.45) is 0 Å². The van der Waals surface area contributed by atoms with Crippen LogP contribution in [0.25, 0.3) is 0 Å². The summed E-state index contributed by atoms with van der Waals surface area (Å²) in [6.07, 6.45) is 0. The normalized spacial score (nSPS) is 10.4. The smallest absolute Gasteiger partial charge is 0.129 e. The summed E-state index contributed by atoms with van der Waals surface area (Å²) < 4.78 is 6.70. The minimum Gasteiger partial charge on any atom is -0.457 e. The fourth-order valence-electron chi connectivity index (χ4n) is 1.38. The van der Waals surface area contributed by atoms with Crippen LogP contribution in [0.2, 0.25) is 10.0 Å². The van der Waals surface area contributed by atoms with E-state index in [0.717, 1.165) is 21.1 Å².